The second-order valence-electron chi connectivity index (χ2n) is 9.94. The molecule has 10 heteroatoms. The Labute approximate surface area is 213 Å². The van der Waals surface area contributed by atoms with Gasteiger partial charge in [-0.2, -0.15) is 13.2 Å². The van der Waals surface area contributed by atoms with E-state index in [1.807, 2.05) is 0 Å². The van der Waals surface area contributed by atoms with Gasteiger partial charge in [0.25, 0.3) is 0 Å². The van der Waals surface area contributed by atoms with Crippen LogP contribution in [-0.2, 0) is 23.9 Å². The number of rotatable bonds is 6. The summed E-state index contributed by atoms with van der Waals surface area (Å²) in [5.74, 6) is 0.426. The van der Waals surface area contributed by atoms with Crippen LogP contribution in [0.25, 0.3) is 0 Å². The van der Waals surface area contributed by atoms with Gasteiger partial charge in [-0.05, 0) is 68.2 Å². The van der Waals surface area contributed by atoms with Crippen molar-refractivity contribution >= 4 is 29.1 Å². The van der Waals surface area contributed by atoms with Gasteiger partial charge in [0.05, 0.1) is 17.5 Å². The van der Waals surface area contributed by atoms with Crippen LogP contribution in [0.5, 0.6) is 0 Å². The lowest BCUT2D eigenvalue weighted by molar-refractivity contribution is -0.138. The van der Waals surface area contributed by atoms with Crippen LogP contribution in [0, 0.1) is 11.8 Å². The average Bonchev–Trinajstić information content (AvgIpc) is 3.18. The number of hydrogen-bond donors (Lipinski definition) is 0. The maximum atomic E-state index is 13.6. The normalized spacial score (nSPS) is 20.1. The van der Waals surface area contributed by atoms with E-state index in [0.717, 1.165) is 31.7 Å². The summed E-state index contributed by atoms with van der Waals surface area (Å²) in [7, 11) is 3.47. The van der Waals surface area contributed by atoms with Gasteiger partial charge < -0.3 is 9.80 Å². The zero-order valence-corrected chi connectivity index (χ0v) is 21.2. The molecule has 194 valence electrons. The summed E-state index contributed by atoms with van der Waals surface area (Å²) < 4.78 is 40.9. The zero-order valence-electron chi connectivity index (χ0n) is 20.4. The topological polar surface area (TPSA) is 66.4 Å². The molecule has 2 aliphatic rings. The molecule has 1 saturated carbocycles. The molecule has 1 aromatic heterocycles. The number of aromatic nitrogens is 2. The van der Waals surface area contributed by atoms with Crippen LogP contribution >= 0.6 is 11.6 Å². The second kappa shape index (κ2) is 10.7. The van der Waals surface area contributed by atoms with Gasteiger partial charge in [-0.3, -0.25) is 14.6 Å². The van der Waals surface area contributed by atoms with Crippen molar-refractivity contribution in [1.29, 1.82) is 0 Å². The van der Waals surface area contributed by atoms with Crippen LogP contribution in [0.1, 0.15) is 65.8 Å². The SMILES string of the molecule is CN(C)C(=O)C1CCC(CC(=O)c2cnc3c(n2)N(Cc2cc(Cl)ccc2C(F)(F)F)CCCC3)C1. The van der Waals surface area contributed by atoms with Crippen molar-refractivity contribution < 1.29 is 22.8 Å². The minimum Gasteiger partial charge on any atom is -0.351 e. The van der Waals surface area contributed by atoms with E-state index in [9.17, 15) is 22.8 Å². The number of aryl methyl sites for hydroxylation is 1. The summed E-state index contributed by atoms with van der Waals surface area (Å²) in [6.45, 7) is 0.464. The number of carbonyl (C=O) groups excluding carboxylic acids is 2. The summed E-state index contributed by atoms with van der Waals surface area (Å²) >= 11 is 6.03. The fourth-order valence-corrected chi connectivity index (χ4v) is 5.41. The summed E-state index contributed by atoms with van der Waals surface area (Å²) in [6, 6.07) is 3.57. The molecule has 2 aromatic rings. The number of amides is 1. The van der Waals surface area contributed by atoms with Crippen molar-refractivity contribution in [3.63, 3.8) is 0 Å². The standard InChI is InChI=1S/C26H30ClF3N4O2/c1-33(2)25(36)17-7-6-16(11-17)12-23(35)22-14-31-21-5-3-4-10-34(24(21)32-22)15-18-13-19(27)8-9-20(18)26(28,29)30/h8-9,13-14,16-17H,3-7,10-12,15H2,1-2H3. The first-order valence-electron chi connectivity index (χ1n) is 12.2. The Kier molecular flexibility index (Phi) is 7.87. The molecular formula is C26H30ClF3N4O2. The highest BCUT2D eigenvalue weighted by atomic mass is 35.5. The van der Waals surface area contributed by atoms with Gasteiger partial charge in [-0.25, -0.2) is 4.98 Å². The number of ketones is 1. The van der Waals surface area contributed by atoms with Crippen molar-refractivity contribution in [1.82, 2.24) is 14.9 Å². The van der Waals surface area contributed by atoms with Crippen LogP contribution in [0.3, 0.4) is 0 Å². The predicted octanol–water partition coefficient (Wildman–Crippen LogP) is 5.57. The van der Waals surface area contributed by atoms with Crippen LogP contribution < -0.4 is 4.90 Å². The fraction of sp³-hybridized carbons (Fsp3) is 0.538. The van der Waals surface area contributed by atoms with Crippen LogP contribution in [0.2, 0.25) is 5.02 Å². The molecule has 1 aliphatic carbocycles. The number of anilines is 1. The number of halogens is 4. The van der Waals surface area contributed by atoms with E-state index in [0.29, 0.717) is 30.9 Å². The molecule has 0 saturated heterocycles. The Morgan fingerprint density at radius 1 is 1.19 bits per heavy atom. The highest BCUT2D eigenvalue weighted by molar-refractivity contribution is 6.30. The van der Waals surface area contributed by atoms with Crippen molar-refractivity contribution in [2.24, 2.45) is 11.8 Å². The van der Waals surface area contributed by atoms with Crippen molar-refractivity contribution in [2.75, 3.05) is 25.5 Å². The lowest BCUT2D eigenvalue weighted by atomic mass is 9.97. The van der Waals surface area contributed by atoms with Crippen LogP contribution in [-0.4, -0.2) is 47.2 Å². The molecule has 2 unspecified atom stereocenters. The Morgan fingerprint density at radius 2 is 1.97 bits per heavy atom. The Balaban J connectivity index is 1.55. The summed E-state index contributed by atoms with van der Waals surface area (Å²) in [5.41, 5.74) is 0.215. The van der Waals surface area contributed by atoms with E-state index in [1.165, 1.54) is 18.3 Å². The van der Waals surface area contributed by atoms with Crippen LogP contribution in [0.15, 0.2) is 24.4 Å². The molecule has 6 nitrogen and oxygen atoms in total. The van der Waals surface area contributed by atoms with E-state index in [4.69, 9.17) is 11.6 Å². The first-order valence-corrected chi connectivity index (χ1v) is 12.6. The molecule has 0 N–H and O–H groups in total. The third kappa shape index (κ3) is 5.99. The monoisotopic (exact) mass is 522 g/mol. The average molecular weight is 523 g/mol. The predicted molar refractivity (Wildman–Crippen MR) is 131 cm³/mol. The van der Waals surface area contributed by atoms with E-state index in [2.05, 4.69) is 9.97 Å². The molecule has 4 rings (SSSR count). The lowest BCUT2D eigenvalue weighted by Crippen LogP contribution is -2.28. The number of alkyl halides is 3. The van der Waals surface area contributed by atoms with E-state index in [-0.39, 0.29) is 52.8 Å². The molecule has 0 radical (unpaired) electrons. The minimum absolute atomic E-state index is 0.0360. The molecule has 36 heavy (non-hydrogen) atoms. The Bertz CT molecular complexity index is 1140. The largest absolute Gasteiger partial charge is 0.416 e. The van der Waals surface area contributed by atoms with Gasteiger partial charge in [-0.15, -0.1) is 0 Å². The smallest absolute Gasteiger partial charge is 0.351 e. The number of hydrogen-bond acceptors (Lipinski definition) is 5. The van der Waals surface area contributed by atoms with Gasteiger partial charge in [0.1, 0.15) is 5.69 Å². The van der Waals surface area contributed by atoms with Crippen molar-refractivity contribution in [3.8, 4) is 0 Å². The fourth-order valence-electron chi connectivity index (χ4n) is 5.21. The number of fused-ring (bicyclic) bond motifs is 1. The zero-order chi connectivity index (χ0) is 26.0. The Morgan fingerprint density at radius 3 is 2.69 bits per heavy atom. The minimum atomic E-state index is -4.51. The molecule has 2 atom stereocenters. The van der Waals surface area contributed by atoms with Gasteiger partial charge in [0.2, 0.25) is 5.91 Å². The highest BCUT2D eigenvalue weighted by Crippen LogP contribution is 2.36. The van der Waals surface area contributed by atoms with E-state index < -0.39 is 11.7 Å². The molecular weight excluding hydrogens is 493 g/mol. The quantitative estimate of drug-likeness (QED) is 0.464. The maximum Gasteiger partial charge on any atom is 0.416 e. The molecule has 0 bridgehead atoms. The van der Waals surface area contributed by atoms with Crippen molar-refractivity contribution in [3.05, 3.63) is 51.9 Å². The van der Waals surface area contributed by atoms with Gasteiger partial charge in [0, 0.05) is 44.5 Å². The third-order valence-corrected chi connectivity index (χ3v) is 7.28. The van der Waals surface area contributed by atoms with Gasteiger partial charge >= 0.3 is 6.18 Å². The first-order chi connectivity index (χ1) is 17.0. The molecule has 0 spiro atoms. The van der Waals surface area contributed by atoms with E-state index in [1.54, 1.807) is 23.9 Å². The maximum absolute atomic E-state index is 13.6. The highest BCUT2D eigenvalue weighted by Gasteiger charge is 2.35. The summed E-state index contributed by atoms with van der Waals surface area (Å²) in [4.78, 5) is 37.8. The first kappa shape index (κ1) is 26.4. The second-order valence-corrected chi connectivity index (χ2v) is 10.4. The van der Waals surface area contributed by atoms with Crippen LogP contribution in [0.4, 0.5) is 19.0 Å². The number of carbonyl (C=O) groups is 2. The molecule has 1 aliphatic heterocycles. The third-order valence-electron chi connectivity index (χ3n) is 7.04. The molecule has 1 fully saturated rings. The molecule has 1 amide bonds. The number of nitrogens with zero attached hydrogens (tertiary/aromatic N) is 4. The molecule has 1 aromatic carbocycles. The summed E-state index contributed by atoms with van der Waals surface area (Å²) in [5, 5.41) is 0.227. The lowest BCUT2D eigenvalue weighted by Gasteiger charge is -2.25. The summed E-state index contributed by atoms with van der Waals surface area (Å²) in [6.07, 6.45) is 1.72. The Hall–Kier alpha value is -2.68. The van der Waals surface area contributed by atoms with Crippen molar-refractivity contribution in [2.45, 2.75) is 57.7 Å². The van der Waals surface area contributed by atoms with E-state index >= 15 is 0 Å². The number of Topliss-reactive ketones (excluding diaryl/α,β-unsaturated/α-hetero) is 1. The molecule has 2 heterocycles. The van der Waals surface area contributed by atoms with Gasteiger partial charge in [-0.1, -0.05) is 11.6 Å². The number of benzene rings is 1. The van der Waals surface area contributed by atoms with Gasteiger partial charge in [0.15, 0.2) is 11.6 Å².